The molecule has 2 aromatic rings. The fourth-order valence-corrected chi connectivity index (χ4v) is 1.63. The molecule has 0 aromatic heterocycles. The van der Waals surface area contributed by atoms with Gasteiger partial charge in [0.2, 0.25) is 0 Å². The van der Waals surface area contributed by atoms with E-state index in [1.807, 2.05) is 0 Å². The Hall–Kier alpha value is -2.36. The molecule has 1 N–H and O–H groups in total. The molecule has 0 unspecified atom stereocenters. The molecule has 0 aliphatic carbocycles. The fourth-order valence-electron chi connectivity index (χ4n) is 1.63. The second-order valence-corrected chi connectivity index (χ2v) is 4.04. The number of nitrogens with one attached hydrogen (secondary N) is 1. The number of hydrogen-bond acceptors (Lipinski definition) is 2. The number of carbonyl (C=O) groups excluding carboxylic acids is 1. The summed E-state index contributed by atoms with van der Waals surface area (Å²) in [5.74, 6) is 0.243. The van der Waals surface area contributed by atoms with Crippen LogP contribution in [0.1, 0.15) is 15.9 Å². The van der Waals surface area contributed by atoms with Crippen LogP contribution in [0, 0.1) is 5.82 Å². The summed E-state index contributed by atoms with van der Waals surface area (Å²) in [6.45, 7) is 0.366. The summed E-state index contributed by atoms with van der Waals surface area (Å²) in [5.41, 5.74) is 1.41. The van der Waals surface area contributed by atoms with Gasteiger partial charge in [-0.05, 0) is 42.0 Å². The van der Waals surface area contributed by atoms with Crippen LogP contribution in [0.15, 0.2) is 48.5 Å². The van der Waals surface area contributed by atoms with Gasteiger partial charge in [0.05, 0.1) is 7.11 Å². The molecule has 2 aromatic carbocycles. The van der Waals surface area contributed by atoms with Crippen molar-refractivity contribution in [3.8, 4) is 5.75 Å². The minimum atomic E-state index is -0.287. The van der Waals surface area contributed by atoms with Crippen LogP contribution >= 0.6 is 0 Å². The summed E-state index contributed by atoms with van der Waals surface area (Å²) >= 11 is 0. The van der Waals surface area contributed by atoms with Gasteiger partial charge in [0, 0.05) is 12.1 Å². The van der Waals surface area contributed by atoms with Gasteiger partial charge in [0.25, 0.3) is 5.91 Å². The summed E-state index contributed by atoms with van der Waals surface area (Å²) < 4.78 is 17.7. The third-order valence-electron chi connectivity index (χ3n) is 2.72. The molecule has 0 spiro atoms. The van der Waals surface area contributed by atoms with Crippen LogP contribution in [0.3, 0.4) is 0 Å². The van der Waals surface area contributed by atoms with Crippen molar-refractivity contribution in [3.63, 3.8) is 0 Å². The molecule has 0 aliphatic rings. The van der Waals surface area contributed by atoms with E-state index in [0.29, 0.717) is 17.9 Å². The van der Waals surface area contributed by atoms with E-state index in [-0.39, 0.29) is 11.7 Å². The minimum Gasteiger partial charge on any atom is -0.497 e. The average Bonchev–Trinajstić information content (AvgIpc) is 2.46. The molecule has 0 saturated carbocycles. The number of amides is 1. The van der Waals surface area contributed by atoms with Crippen molar-refractivity contribution in [2.75, 3.05) is 7.11 Å². The predicted molar refractivity (Wildman–Crippen MR) is 70.6 cm³/mol. The number of ether oxygens (including phenoxy) is 1. The summed E-state index contributed by atoms with van der Waals surface area (Å²) in [6, 6.07) is 12.9. The van der Waals surface area contributed by atoms with Gasteiger partial charge in [-0.3, -0.25) is 4.79 Å². The first-order valence-corrected chi connectivity index (χ1v) is 5.86. The largest absolute Gasteiger partial charge is 0.497 e. The Bertz CT molecular complexity index is 549. The summed E-state index contributed by atoms with van der Waals surface area (Å²) in [5, 5.41) is 2.77. The maximum Gasteiger partial charge on any atom is 0.251 e. The fraction of sp³-hybridized carbons (Fsp3) is 0.133. The van der Waals surface area contributed by atoms with Crippen molar-refractivity contribution < 1.29 is 13.9 Å². The number of hydrogen-bond donors (Lipinski definition) is 1. The first kappa shape index (κ1) is 13.1. The van der Waals surface area contributed by atoms with E-state index in [0.717, 1.165) is 5.56 Å². The van der Waals surface area contributed by atoms with Crippen molar-refractivity contribution in [2.45, 2.75) is 6.54 Å². The van der Waals surface area contributed by atoms with E-state index in [9.17, 15) is 9.18 Å². The van der Waals surface area contributed by atoms with E-state index < -0.39 is 0 Å². The summed E-state index contributed by atoms with van der Waals surface area (Å²) in [6.07, 6.45) is 0. The SMILES string of the molecule is COc1ccc(C(=O)NCc2ccc(F)cc2)cc1. The van der Waals surface area contributed by atoms with Crippen molar-refractivity contribution in [1.29, 1.82) is 0 Å². The van der Waals surface area contributed by atoms with Crippen molar-refractivity contribution in [1.82, 2.24) is 5.32 Å². The number of benzene rings is 2. The van der Waals surface area contributed by atoms with Crippen LogP contribution in [0.4, 0.5) is 4.39 Å². The lowest BCUT2D eigenvalue weighted by atomic mass is 10.2. The van der Waals surface area contributed by atoms with E-state index in [1.165, 1.54) is 12.1 Å². The first-order valence-electron chi connectivity index (χ1n) is 5.86. The highest BCUT2D eigenvalue weighted by atomic mass is 19.1. The highest BCUT2D eigenvalue weighted by molar-refractivity contribution is 5.94. The minimum absolute atomic E-state index is 0.174. The second-order valence-electron chi connectivity index (χ2n) is 4.04. The van der Waals surface area contributed by atoms with Crippen LogP contribution in [-0.2, 0) is 6.54 Å². The molecule has 0 fully saturated rings. The van der Waals surface area contributed by atoms with Crippen LogP contribution in [0.2, 0.25) is 0 Å². The van der Waals surface area contributed by atoms with Gasteiger partial charge in [-0.2, -0.15) is 0 Å². The van der Waals surface area contributed by atoms with E-state index in [1.54, 1.807) is 43.5 Å². The number of carbonyl (C=O) groups is 1. The lowest BCUT2D eigenvalue weighted by molar-refractivity contribution is 0.0951. The summed E-state index contributed by atoms with van der Waals surface area (Å²) in [4.78, 5) is 11.9. The van der Waals surface area contributed by atoms with E-state index in [4.69, 9.17) is 4.74 Å². The number of rotatable bonds is 4. The molecule has 0 bridgehead atoms. The maximum absolute atomic E-state index is 12.7. The van der Waals surface area contributed by atoms with Gasteiger partial charge in [-0.15, -0.1) is 0 Å². The van der Waals surface area contributed by atoms with Crippen molar-refractivity contribution in [3.05, 3.63) is 65.5 Å². The molecule has 3 nitrogen and oxygen atoms in total. The topological polar surface area (TPSA) is 38.3 Å². The zero-order valence-electron chi connectivity index (χ0n) is 10.5. The zero-order valence-corrected chi connectivity index (χ0v) is 10.5. The molecule has 0 radical (unpaired) electrons. The van der Waals surface area contributed by atoms with Gasteiger partial charge in [0.15, 0.2) is 0 Å². The Labute approximate surface area is 111 Å². The third-order valence-corrected chi connectivity index (χ3v) is 2.72. The Morgan fingerprint density at radius 2 is 1.74 bits per heavy atom. The third kappa shape index (κ3) is 3.55. The molecule has 0 heterocycles. The smallest absolute Gasteiger partial charge is 0.251 e. The molecule has 2 rings (SSSR count). The molecule has 98 valence electrons. The first-order chi connectivity index (χ1) is 9.19. The molecule has 0 aliphatic heterocycles. The molecular formula is C15H14FNO2. The van der Waals surface area contributed by atoms with Gasteiger partial charge in [0.1, 0.15) is 11.6 Å². The quantitative estimate of drug-likeness (QED) is 0.916. The highest BCUT2D eigenvalue weighted by Gasteiger charge is 2.05. The lowest BCUT2D eigenvalue weighted by Gasteiger charge is -2.06. The van der Waals surface area contributed by atoms with Gasteiger partial charge in [-0.25, -0.2) is 4.39 Å². The maximum atomic E-state index is 12.7. The average molecular weight is 259 g/mol. The molecule has 0 saturated heterocycles. The van der Waals surface area contributed by atoms with Crippen molar-refractivity contribution in [2.24, 2.45) is 0 Å². The molecule has 19 heavy (non-hydrogen) atoms. The molecule has 1 amide bonds. The Morgan fingerprint density at radius 1 is 1.11 bits per heavy atom. The molecular weight excluding hydrogens is 245 g/mol. The van der Waals surface area contributed by atoms with Crippen LogP contribution in [0.25, 0.3) is 0 Å². The molecule has 0 atom stereocenters. The van der Waals surface area contributed by atoms with Gasteiger partial charge in [-0.1, -0.05) is 12.1 Å². The highest BCUT2D eigenvalue weighted by Crippen LogP contribution is 2.11. The Morgan fingerprint density at radius 3 is 2.32 bits per heavy atom. The lowest BCUT2D eigenvalue weighted by Crippen LogP contribution is -2.22. The predicted octanol–water partition coefficient (Wildman–Crippen LogP) is 2.76. The Kier molecular flexibility index (Phi) is 4.13. The van der Waals surface area contributed by atoms with Crippen molar-refractivity contribution >= 4 is 5.91 Å². The summed E-state index contributed by atoms with van der Waals surface area (Å²) in [7, 11) is 1.57. The van der Waals surface area contributed by atoms with Crippen LogP contribution in [-0.4, -0.2) is 13.0 Å². The van der Waals surface area contributed by atoms with Crippen LogP contribution in [0.5, 0.6) is 5.75 Å². The number of halogens is 1. The van der Waals surface area contributed by atoms with Gasteiger partial charge >= 0.3 is 0 Å². The second kappa shape index (κ2) is 6.00. The standard InChI is InChI=1S/C15H14FNO2/c1-19-14-8-4-12(5-9-14)15(18)17-10-11-2-6-13(16)7-3-11/h2-9H,10H2,1H3,(H,17,18). The Balaban J connectivity index is 1.95. The molecule has 4 heteroatoms. The van der Waals surface area contributed by atoms with Crippen LogP contribution < -0.4 is 10.1 Å². The number of methoxy groups -OCH3 is 1. The zero-order chi connectivity index (χ0) is 13.7. The van der Waals surface area contributed by atoms with Gasteiger partial charge < -0.3 is 10.1 Å². The van der Waals surface area contributed by atoms with E-state index in [2.05, 4.69) is 5.32 Å². The van der Waals surface area contributed by atoms with E-state index >= 15 is 0 Å². The monoisotopic (exact) mass is 259 g/mol. The normalized spacial score (nSPS) is 10.0.